The number of hydrogen-bond acceptors (Lipinski definition) is 4. The Balaban J connectivity index is 2.25. The van der Waals surface area contributed by atoms with Crippen LogP contribution in [-0.2, 0) is 23.2 Å². The molecule has 0 unspecified atom stereocenters. The Morgan fingerprint density at radius 3 is 2.48 bits per heavy atom. The van der Waals surface area contributed by atoms with Crippen LogP contribution in [0.3, 0.4) is 0 Å². The van der Waals surface area contributed by atoms with Gasteiger partial charge in [0, 0.05) is 19.7 Å². The molecule has 0 aliphatic heterocycles. The second kappa shape index (κ2) is 6.27. The molecule has 0 bridgehead atoms. The van der Waals surface area contributed by atoms with Crippen molar-refractivity contribution in [2.75, 3.05) is 7.05 Å². The molecule has 1 aromatic carbocycles. The van der Waals surface area contributed by atoms with Gasteiger partial charge in [-0.25, -0.2) is 12.8 Å². The summed E-state index contributed by atoms with van der Waals surface area (Å²) in [6.45, 7) is -0.301. The van der Waals surface area contributed by atoms with Gasteiger partial charge >= 0.3 is 0 Å². The predicted octanol–water partition coefficient (Wildman–Crippen LogP) is 2.49. The number of aliphatic hydroxyl groups is 1. The van der Waals surface area contributed by atoms with Crippen LogP contribution in [-0.4, -0.2) is 24.9 Å². The topological polar surface area (TPSA) is 70.8 Å². The Labute approximate surface area is 130 Å². The molecule has 1 aromatic heterocycles. The molecule has 8 heteroatoms. The predicted molar refractivity (Wildman–Crippen MR) is 77.4 cm³/mol. The van der Waals surface area contributed by atoms with E-state index in [1.165, 1.54) is 37.4 Å². The molecule has 0 aliphatic rings. The average Bonchev–Trinajstić information content (AvgIpc) is 2.83. The lowest BCUT2D eigenvalue weighted by Crippen LogP contribution is -2.26. The van der Waals surface area contributed by atoms with Crippen molar-refractivity contribution in [3.63, 3.8) is 0 Å². The Bertz CT molecular complexity index is 727. The summed E-state index contributed by atoms with van der Waals surface area (Å²) in [6, 6.07) is 6.84. The Morgan fingerprint density at radius 1 is 1.33 bits per heavy atom. The second-order valence-corrected chi connectivity index (χ2v) is 7.13. The molecule has 0 radical (unpaired) electrons. The van der Waals surface area contributed by atoms with Gasteiger partial charge in [-0.1, -0.05) is 12.1 Å². The number of halogens is 2. The van der Waals surface area contributed by atoms with E-state index in [1.54, 1.807) is 0 Å². The standard InChI is InChI=1S/C13H13BrFNO4S/c1-16(7-9-2-4-10(15)5-3-9)21(18,19)12-6-11(8-17)20-13(12)14/h2-6,17H,7-8H2,1H3. The van der Waals surface area contributed by atoms with E-state index in [2.05, 4.69) is 15.9 Å². The molecule has 0 amide bonds. The van der Waals surface area contributed by atoms with E-state index in [9.17, 15) is 12.8 Å². The van der Waals surface area contributed by atoms with Crippen LogP contribution in [0.1, 0.15) is 11.3 Å². The normalized spacial score (nSPS) is 12.0. The van der Waals surface area contributed by atoms with Crippen molar-refractivity contribution in [2.45, 2.75) is 18.0 Å². The SMILES string of the molecule is CN(Cc1ccc(F)cc1)S(=O)(=O)c1cc(CO)oc1Br. The number of nitrogens with zero attached hydrogens (tertiary/aromatic N) is 1. The first-order valence-electron chi connectivity index (χ1n) is 5.94. The minimum atomic E-state index is -3.78. The Hall–Kier alpha value is -1.22. The van der Waals surface area contributed by atoms with Crippen molar-refractivity contribution in [3.05, 3.63) is 52.1 Å². The molecular weight excluding hydrogens is 365 g/mol. The number of aliphatic hydroxyl groups excluding tert-OH is 1. The Kier molecular flexibility index (Phi) is 4.82. The fraction of sp³-hybridized carbons (Fsp3) is 0.231. The van der Waals surface area contributed by atoms with Crippen LogP contribution in [0.25, 0.3) is 0 Å². The molecule has 1 N–H and O–H groups in total. The summed E-state index contributed by atoms with van der Waals surface area (Å²) in [7, 11) is -2.37. The van der Waals surface area contributed by atoms with E-state index in [-0.39, 0.29) is 27.7 Å². The molecule has 2 rings (SSSR count). The van der Waals surface area contributed by atoms with Crippen LogP contribution in [0.4, 0.5) is 4.39 Å². The van der Waals surface area contributed by atoms with Gasteiger partial charge in [0.2, 0.25) is 10.0 Å². The highest BCUT2D eigenvalue weighted by molar-refractivity contribution is 9.10. The molecule has 114 valence electrons. The molecule has 2 aromatic rings. The summed E-state index contributed by atoms with van der Waals surface area (Å²) < 4.78 is 43.9. The molecule has 1 heterocycles. The highest BCUT2D eigenvalue weighted by atomic mass is 79.9. The summed E-state index contributed by atoms with van der Waals surface area (Å²) in [4.78, 5) is -0.0591. The number of rotatable bonds is 5. The molecule has 0 aliphatic carbocycles. The number of sulfonamides is 1. The van der Waals surface area contributed by atoms with Crippen molar-refractivity contribution in [1.82, 2.24) is 4.31 Å². The fourth-order valence-electron chi connectivity index (χ4n) is 1.75. The molecule has 5 nitrogen and oxygen atoms in total. The smallest absolute Gasteiger partial charge is 0.247 e. The fourth-order valence-corrected chi connectivity index (χ4v) is 3.87. The first-order chi connectivity index (χ1) is 9.84. The Morgan fingerprint density at radius 2 is 1.95 bits per heavy atom. The van der Waals surface area contributed by atoms with Crippen LogP contribution in [0.5, 0.6) is 0 Å². The molecule has 0 saturated carbocycles. The molecule has 0 fully saturated rings. The maximum absolute atomic E-state index is 12.8. The number of benzene rings is 1. The third-order valence-corrected chi connectivity index (χ3v) is 5.53. The van der Waals surface area contributed by atoms with Crippen molar-refractivity contribution in [2.24, 2.45) is 0 Å². The monoisotopic (exact) mass is 377 g/mol. The van der Waals surface area contributed by atoms with Gasteiger partial charge in [0.05, 0.1) is 0 Å². The van der Waals surface area contributed by atoms with Crippen LogP contribution in [0.2, 0.25) is 0 Å². The van der Waals surface area contributed by atoms with Gasteiger partial charge in [-0.2, -0.15) is 4.31 Å². The maximum Gasteiger partial charge on any atom is 0.247 e. The van der Waals surface area contributed by atoms with Crippen molar-refractivity contribution in [1.29, 1.82) is 0 Å². The first kappa shape index (κ1) is 16.2. The average molecular weight is 378 g/mol. The molecule has 0 atom stereocenters. The highest BCUT2D eigenvalue weighted by Crippen LogP contribution is 2.29. The molecule has 0 saturated heterocycles. The lowest BCUT2D eigenvalue weighted by Gasteiger charge is -2.16. The van der Waals surface area contributed by atoms with Gasteiger partial charge in [0.1, 0.15) is 23.1 Å². The van der Waals surface area contributed by atoms with E-state index >= 15 is 0 Å². The second-order valence-electron chi connectivity index (χ2n) is 4.40. The zero-order valence-corrected chi connectivity index (χ0v) is 13.5. The zero-order chi connectivity index (χ0) is 15.6. The van der Waals surface area contributed by atoms with Gasteiger partial charge < -0.3 is 9.52 Å². The number of furan rings is 1. The van der Waals surface area contributed by atoms with Crippen LogP contribution >= 0.6 is 15.9 Å². The highest BCUT2D eigenvalue weighted by Gasteiger charge is 2.27. The molecular formula is C13H13BrFNO4S. The minimum Gasteiger partial charge on any atom is -0.450 e. The van der Waals surface area contributed by atoms with E-state index < -0.39 is 16.6 Å². The van der Waals surface area contributed by atoms with Crippen LogP contribution in [0, 0.1) is 5.82 Å². The van der Waals surface area contributed by atoms with E-state index in [0.29, 0.717) is 5.56 Å². The van der Waals surface area contributed by atoms with Crippen LogP contribution < -0.4 is 0 Å². The van der Waals surface area contributed by atoms with Gasteiger partial charge in [-0.15, -0.1) is 0 Å². The lowest BCUT2D eigenvalue weighted by atomic mass is 10.2. The third kappa shape index (κ3) is 3.52. The minimum absolute atomic E-state index is 0.0394. The summed E-state index contributed by atoms with van der Waals surface area (Å²) >= 11 is 3.02. The molecule has 21 heavy (non-hydrogen) atoms. The maximum atomic E-state index is 12.8. The quantitative estimate of drug-likeness (QED) is 0.868. The van der Waals surface area contributed by atoms with Gasteiger partial charge in [-0.05, 0) is 33.6 Å². The van der Waals surface area contributed by atoms with E-state index in [1.807, 2.05) is 0 Å². The van der Waals surface area contributed by atoms with Gasteiger partial charge in [-0.3, -0.25) is 0 Å². The first-order valence-corrected chi connectivity index (χ1v) is 8.17. The summed E-state index contributed by atoms with van der Waals surface area (Å²) in [5.74, 6) is -0.231. The van der Waals surface area contributed by atoms with Crippen molar-refractivity contribution >= 4 is 26.0 Å². The largest absolute Gasteiger partial charge is 0.450 e. The zero-order valence-electron chi connectivity index (χ0n) is 11.1. The van der Waals surface area contributed by atoms with Gasteiger partial charge in [0.15, 0.2) is 4.67 Å². The van der Waals surface area contributed by atoms with Gasteiger partial charge in [0.25, 0.3) is 0 Å². The third-order valence-electron chi connectivity index (χ3n) is 2.87. The summed E-state index contributed by atoms with van der Waals surface area (Å²) in [5, 5.41) is 8.98. The van der Waals surface area contributed by atoms with Crippen molar-refractivity contribution in [3.8, 4) is 0 Å². The summed E-state index contributed by atoms with van der Waals surface area (Å²) in [5.41, 5.74) is 0.657. The van der Waals surface area contributed by atoms with Crippen LogP contribution in [0.15, 0.2) is 44.3 Å². The number of hydrogen-bond donors (Lipinski definition) is 1. The van der Waals surface area contributed by atoms with E-state index in [4.69, 9.17) is 9.52 Å². The molecule has 0 spiro atoms. The lowest BCUT2D eigenvalue weighted by molar-refractivity contribution is 0.245. The van der Waals surface area contributed by atoms with E-state index in [0.717, 1.165) is 4.31 Å². The summed E-state index contributed by atoms with van der Waals surface area (Å²) in [6.07, 6.45) is 0. The van der Waals surface area contributed by atoms with Crippen molar-refractivity contribution < 1.29 is 22.3 Å².